The van der Waals surface area contributed by atoms with Gasteiger partial charge in [-0.05, 0) is 11.6 Å². The molecule has 1 aromatic carbocycles. The lowest BCUT2D eigenvalue weighted by atomic mass is 10.1. The van der Waals surface area contributed by atoms with E-state index in [0.29, 0.717) is 6.61 Å². The summed E-state index contributed by atoms with van der Waals surface area (Å²) >= 11 is 5.06. The molecule has 1 heterocycles. The van der Waals surface area contributed by atoms with Crippen molar-refractivity contribution >= 4 is 17.1 Å². The summed E-state index contributed by atoms with van der Waals surface area (Å²) in [5.41, 5.74) is 1.21. The Labute approximate surface area is 71.0 Å². The highest BCUT2D eigenvalue weighted by Crippen LogP contribution is 2.22. The Balaban J connectivity index is 2.41. The van der Waals surface area contributed by atoms with Gasteiger partial charge < -0.3 is 4.74 Å². The fourth-order valence-electron chi connectivity index (χ4n) is 1.21. The zero-order valence-electron chi connectivity index (χ0n) is 6.04. The van der Waals surface area contributed by atoms with Gasteiger partial charge in [0.15, 0.2) is 0 Å². The van der Waals surface area contributed by atoms with Crippen molar-refractivity contribution in [1.82, 2.24) is 0 Å². The van der Waals surface area contributed by atoms with Crippen LogP contribution in [0.1, 0.15) is 5.56 Å². The molecule has 0 aliphatic carbocycles. The van der Waals surface area contributed by atoms with Crippen molar-refractivity contribution in [1.29, 1.82) is 0 Å². The molecule has 1 aliphatic rings. The number of para-hydroxylation sites is 1. The first-order valence-corrected chi connectivity index (χ1v) is 3.99. The maximum atomic E-state index is 5.39. The van der Waals surface area contributed by atoms with Crippen LogP contribution in [0.15, 0.2) is 24.3 Å². The predicted molar refractivity (Wildman–Crippen MR) is 48.2 cm³/mol. The average molecular weight is 164 g/mol. The topological polar surface area (TPSA) is 9.23 Å². The van der Waals surface area contributed by atoms with Crippen LogP contribution in [-0.4, -0.2) is 11.5 Å². The van der Waals surface area contributed by atoms with Gasteiger partial charge in [-0.25, -0.2) is 0 Å². The Bertz CT molecular complexity index is 293. The largest absolute Gasteiger partial charge is 0.488 e. The summed E-state index contributed by atoms with van der Waals surface area (Å²) < 4.78 is 5.39. The highest BCUT2D eigenvalue weighted by molar-refractivity contribution is 7.80. The van der Waals surface area contributed by atoms with Gasteiger partial charge in [0, 0.05) is 11.3 Å². The van der Waals surface area contributed by atoms with E-state index >= 15 is 0 Å². The van der Waals surface area contributed by atoms with E-state index in [9.17, 15) is 0 Å². The highest BCUT2D eigenvalue weighted by Gasteiger charge is 2.11. The molecule has 0 amide bonds. The maximum Gasteiger partial charge on any atom is 0.123 e. The molecule has 0 saturated heterocycles. The van der Waals surface area contributed by atoms with Crippen molar-refractivity contribution in [2.45, 2.75) is 6.42 Å². The van der Waals surface area contributed by atoms with Crippen LogP contribution in [0, 0.1) is 0 Å². The second-order valence-corrected chi connectivity index (χ2v) is 3.19. The SMILES string of the molecule is S=C1COc2ccccc2C1. The van der Waals surface area contributed by atoms with Gasteiger partial charge in [0.05, 0.1) is 0 Å². The molecule has 0 spiro atoms. The van der Waals surface area contributed by atoms with E-state index < -0.39 is 0 Å². The van der Waals surface area contributed by atoms with Crippen molar-refractivity contribution in [2.75, 3.05) is 6.61 Å². The third kappa shape index (κ3) is 1.26. The lowest BCUT2D eigenvalue weighted by Crippen LogP contribution is -2.18. The van der Waals surface area contributed by atoms with Crippen LogP contribution in [0.2, 0.25) is 0 Å². The van der Waals surface area contributed by atoms with Gasteiger partial charge in [-0.15, -0.1) is 0 Å². The monoisotopic (exact) mass is 164 g/mol. The molecule has 0 atom stereocenters. The normalized spacial score (nSPS) is 15.5. The fraction of sp³-hybridized carbons (Fsp3) is 0.222. The van der Waals surface area contributed by atoms with Crippen LogP contribution in [0.25, 0.3) is 0 Å². The highest BCUT2D eigenvalue weighted by atomic mass is 32.1. The van der Waals surface area contributed by atoms with Crippen LogP contribution < -0.4 is 4.74 Å². The second-order valence-electron chi connectivity index (χ2n) is 2.61. The minimum absolute atomic E-state index is 0.604. The van der Waals surface area contributed by atoms with E-state index in [1.807, 2.05) is 18.2 Å². The molecule has 2 heteroatoms. The molecule has 56 valence electrons. The van der Waals surface area contributed by atoms with E-state index in [1.54, 1.807) is 0 Å². The molecule has 0 bridgehead atoms. The smallest absolute Gasteiger partial charge is 0.123 e. The van der Waals surface area contributed by atoms with E-state index in [4.69, 9.17) is 17.0 Å². The summed E-state index contributed by atoms with van der Waals surface area (Å²) in [6.07, 6.45) is 0.894. The number of hydrogen-bond donors (Lipinski definition) is 0. The minimum atomic E-state index is 0.604. The molecule has 1 aromatic rings. The molecule has 1 nitrogen and oxygen atoms in total. The molecule has 0 fully saturated rings. The third-order valence-corrected chi connectivity index (χ3v) is 2.01. The maximum absolute atomic E-state index is 5.39. The summed E-state index contributed by atoms with van der Waals surface area (Å²) in [4.78, 5) is 0.990. The quantitative estimate of drug-likeness (QED) is 0.542. The fourth-order valence-corrected chi connectivity index (χ4v) is 1.43. The predicted octanol–water partition coefficient (Wildman–Crippen LogP) is 1.99. The third-order valence-electron chi connectivity index (χ3n) is 1.75. The summed E-state index contributed by atoms with van der Waals surface area (Å²) in [5, 5.41) is 0. The number of hydrogen-bond acceptors (Lipinski definition) is 2. The van der Waals surface area contributed by atoms with Crippen LogP contribution in [0.4, 0.5) is 0 Å². The van der Waals surface area contributed by atoms with Crippen LogP contribution in [0.3, 0.4) is 0 Å². The minimum Gasteiger partial charge on any atom is -0.488 e. The average Bonchev–Trinajstić information content (AvgIpc) is 2.04. The van der Waals surface area contributed by atoms with Crippen LogP contribution >= 0.6 is 12.2 Å². The molecule has 11 heavy (non-hydrogen) atoms. The van der Waals surface area contributed by atoms with Gasteiger partial charge >= 0.3 is 0 Å². The Morgan fingerprint density at radius 1 is 1.27 bits per heavy atom. The number of ether oxygens (including phenoxy) is 1. The first-order chi connectivity index (χ1) is 5.36. The molecular formula is C9H8OS. The van der Waals surface area contributed by atoms with E-state index in [2.05, 4.69) is 6.07 Å². The molecule has 0 N–H and O–H groups in total. The van der Waals surface area contributed by atoms with Gasteiger partial charge in [-0.2, -0.15) is 0 Å². The zero-order chi connectivity index (χ0) is 7.68. The Morgan fingerprint density at radius 3 is 3.00 bits per heavy atom. The molecule has 1 aliphatic heterocycles. The summed E-state index contributed by atoms with van der Waals surface area (Å²) in [5.74, 6) is 0.987. The van der Waals surface area contributed by atoms with Crippen molar-refractivity contribution in [3.8, 4) is 5.75 Å². The lowest BCUT2D eigenvalue weighted by molar-refractivity contribution is 0.365. The Kier molecular flexibility index (Phi) is 1.62. The van der Waals surface area contributed by atoms with E-state index in [0.717, 1.165) is 17.0 Å². The first-order valence-electron chi connectivity index (χ1n) is 3.58. The van der Waals surface area contributed by atoms with Crippen molar-refractivity contribution < 1.29 is 4.74 Å². The van der Waals surface area contributed by atoms with E-state index in [1.165, 1.54) is 5.56 Å². The van der Waals surface area contributed by atoms with Gasteiger partial charge in [-0.1, -0.05) is 30.4 Å². The summed E-state index contributed by atoms with van der Waals surface area (Å²) in [6, 6.07) is 8.03. The van der Waals surface area contributed by atoms with Crippen LogP contribution in [-0.2, 0) is 6.42 Å². The van der Waals surface area contributed by atoms with Gasteiger partial charge in [0.1, 0.15) is 12.4 Å². The van der Waals surface area contributed by atoms with Crippen molar-refractivity contribution in [3.63, 3.8) is 0 Å². The zero-order valence-corrected chi connectivity index (χ0v) is 6.86. The van der Waals surface area contributed by atoms with Crippen molar-refractivity contribution in [2.24, 2.45) is 0 Å². The summed E-state index contributed by atoms with van der Waals surface area (Å²) in [7, 11) is 0. The Morgan fingerprint density at radius 2 is 2.09 bits per heavy atom. The molecule has 2 rings (SSSR count). The molecule has 0 aromatic heterocycles. The van der Waals surface area contributed by atoms with E-state index in [-0.39, 0.29) is 0 Å². The number of rotatable bonds is 0. The van der Waals surface area contributed by atoms with Gasteiger partial charge in [0.25, 0.3) is 0 Å². The molecule has 0 unspecified atom stereocenters. The second kappa shape index (κ2) is 2.62. The van der Waals surface area contributed by atoms with Gasteiger partial charge in [-0.3, -0.25) is 0 Å². The number of fused-ring (bicyclic) bond motifs is 1. The van der Waals surface area contributed by atoms with Crippen LogP contribution in [0.5, 0.6) is 5.75 Å². The number of benzene rings is 1. The first kappa shape index (κ1) is 6.80. The molecule has 0 radical (unpaired) electrons. The standard InChI is InChI=1S/C9H8OS/c11-8-5-7-3-1-2-4-9(7)10-6-8/h1-4H,5-6H2. The summed E-state index contributed by atoms with van der Waals surface area (Å²) in [6.45, 7) is 0.604. The Hall–Kier alpha value is -0.890. The number of thiocarbonyl (C=S) groups is 1. The van der Waals surface area contributed by atoms with Gasteiger partial charge in [0.2, 0.25) is 0 Å². The molecule has 0 saturated carbocycles. The molecular weight excluding hydrogens is 156 g/mol. The van der Waals surface area contributed by atoms with Crippen molar-refractivity contribution in [3.05, 3.63) is 29.8 Å². The lowest BCUT2D eigenvalue weighted by Gasteiger charge is -2.16.